The third-order valence-corrected chi connectivity index (χ3v) is 6.63. The first kappa shape index (κ1) is 14.2. The van der Waals surface area contributed by atoms with E-state index in [1.54, 1.807) is 6.07 Å². The number of hydrogen-bond donors (Lipinski definition) is 1. The largest absolute Gasteiger partial charge is 0.241 e. The summed E-state index contributed by atoms with van der Waals surface area (Å²) >= 11 is 0. The van der Waals surface area contributed by atoms with Crippen molar-refractivity contribution in [3.63, 3.8) is 0 Å². The maximum Gasteiger partial charge on any atom is 0.241 e. The molecule has 2 aliphatic carbocycles. The lowest BCUT2D eigenvalue weighted by molar-refractivity contribution is 0.412. The maximum atomic E-state index is 12.8. The molecule has 0 aromatic heterocycles. The van der Waals surface area contributed by atoms with Crippen LogP contribution in [0.1, 0.15) is 43.2 Å². The number of hydrogen-bond acceptors (Lipinski definition) is 2. The van der Waals surface area contributed by atoms with Crippen molar-refractivity contribution in [2.45, 2.75) is 55.9 Å². The Morgan fingerprint density at radius 1 is 0.909 bits per heavy atom. The minimum absolute atomic E-state index is 0.0989. The summed E-state index contributed by atoms with van der Waals surface area (Å²) in [4.78, 5) is 0.445. The number of benzene rings is 2. The molecule has 0 atom stereocenters. The molecule has 116 valence electrons. The molecule has 0 aliphatic heterocycles. The van der Waals surface area contributed by atoms with Gasteiger partial charge in [0, 0.05) is 11.4 Å². The van der Waals surface area contributed by atoms with Gasteiger partial charge in [0.05, 0.1) is 4.90 Å². The lowest BCUT2D eigenvalue weighted by atomic mass is 9.96. The van der Waals surface area contributed by atoms with Gasteiger partial charge in [-0.2, -0.15) is 0 Å². The summed E-state index contributed by atoms with van der Waals surface area (Å²) in [7, 11) is -3.44. The third-order valence-electron chi connectivity index (χ3n) is 5.05. The van der Waals surface area contributed by atoms with Crippen molar-refractivity contribution in [2.24, 2.45) is 0 Å². The van der Waals surface area contributed by atoms with Gasteiger partial charge in [-0.1, -0.05) is 43.5 Å². The van der Waals surface area contributed by atoms with Crippen molar-refractivity contribution < 1.29 is 8.42 Å². The van der Waals surface area contributed by atoms with Crippen LogP contribution in [0, 0.1) is 0 Å². The van der Waals surface area contributed by atoms with E-state index in [1.807, 2.05) is 18.2 Å². The zero-order valence-corrected chi connectivity index (χ0v) is 13.5. The molecule has 0 amide bonds. The van der Waals surface area contributed by atoms with Crippen LogP contribution in [-0.4, -0.2) is 14.5 Å². The molecular weight excluding hydrogens is 294 g/mol. The summed E-state index contributed by atoms with van der Waals surface area (Å²) in [6, 6.07) is 9.92. The predicted octanol–water partition coefficient (Wildman–Crippen LogP) is 3.55. The quantitative estimate of drug-likeness (QED) is 0.941. The molecule has 2 aliphatic rings. The molecule has 0 unspecified atom stereocenters. The van der Waals surface area contributed by atoms with Crippen molar-refractivity contribution >= 4 is 20.8 Å². The zero-order valence-electron chi connectivity index (χ0n) is 12.6. The predicted molar refractivity (Wildman–Crippen MR) is 88.6 cm³/mol. The number of aryl methyl sites for hydroxylation is 2. The SMILES string of the molecule is O=S(=O)(NC1CCCCC1)c1ccc2c3c(cccc13)CC2. The summed E-state index contributed by atoms with van der Waals surface area (Å²) in [6.45, 7) is 0. The molecule has 0 radical (unpaired) electrons. The zero-order chi connectivity index (χ0) is 15.2. The van der Waals surface area contributed by atoms with Crippen LogP contribution in [0.25, 0.3) is 10.8 Å². The molecule has 1 fully saturated rings. The fourth-order valence-electron chi connectivity index (χ4n) is 3.96. The molecule has 0 saturated heterocycles. The van der Waals surface area contributed by atoms with Gasteiger partial charge in [-0.3, -0.25) is 0 Å². The van der Waals surface area contributed by atoms with E-state index in [0.29, 0.717) is 4.90 Å². The Balaban J connectivity index is 1.77. The summed E-state index contributed by atoms with van der Waals surface area (Å²) < 4.78 is 28.6. The number of sulfonamides is 1. The Bertz CT molecular complexity index is 810. The van der Waals surface area contributed by atoms with Crippen molar-refractivity contribution in [3.8, 4) is 0 Å². The Hall–Kier alpha value is -1.39. The topological polar surface area (TPSA) is 46.2 Å². The van der Waals surface area contributed by atoms with Gasteiger partial charge in [-0.05, 0) is 48.3 Å². The van der Waals surface area contributed by atoms with E-state index in [9.17, 15) is 8.42 Å². The van der Waals surface area contributed by atoms with E-state index >= 15 is 0 Å². The Morgan fingerprint density at radius 3 is 2.41 bits per heavy atom. The average molecular weight is 315 g/mol. The molecule has 2 aromatic carbocycles. The third kappa shape index (κ3) is 2.34. The minimum atomic E-state index is -3.44. The molecular formula is C18H21NO2S. The summed E-state index contributed by atoms with van der Waals surface area (Å²) in [5.74, 6) is 0. The van der Waals surface area contributed by atoms with Crippen molar-refractivity contribution in [3.05, 3.63) is 41.5 Å². The first-order chi connectivity index (χ1) is 10.6. The lowest BCUT2D eigenvalue weighted by Gasteiger charge is -2.23. The van der Waals surface area contributed by atoms with Crippen LogP contribution in [-0.2, 0) is 22.9 Å². The average Bonchev–Trinajstić information content (AvgIpc) is 2.93. The van der Waals surface area contributed by atoms with E-state index in [2.05, 4.69) is 10.8 Å². The molecule has 0 spiro atoms. The van der Waals surface area contributed by atoms with Crippen molar-refractivity contribution in [1.29, 1.82) is 0 Å². The smallest absolute Gasteiger partial charge is 0.208 e. The molecule has 3 nitrogen and oxygen atoms in total. The summed E-state index contributed by atoms with van der Waals surface area (Å²) in [5.41, 5.74) is 2.56. The van der Waals surface area contributed by atoms with Crippen LogP contribution in [0.4, 0.5) is 0 Å². The van der Waals surface area contributed by atoms with Gasteiger partial charge in [-0.15, -0.1) is 0 Å². The van der Waals surface area contributed by atoms with Gasteiger partial charge in [0.15, 0.2) is 0 Å². The number of rotatable bonds is 3. The molecule has 1 saturated carbocycles. The normalized spacial score (nSPS) is 18.9. The van der Waals surface area contributed by atoms with E-state index in [4.69, 9.17) is 0 Å². The fraction of sp³-hybridized carbons (Fsp3) is 0.444. The fourth-order valence-corrected chi connectivity index (χ4v) is 5.47. The van der Waals surface area contributed by atoms with Crippen LogP contribution in [0.15, 0.2) is 35.2 Å². The van der Waals surface area contributed by atoms with E-state index in [1.165, 1.54) is 17.5 Å². The van der Waals surface area contributed by atoms with Crippen LogP contribution >= 0.6 is 0 Å². The van der Waals surface area contributed by atoms with Crippen LogP contribution < -0.4 is 4.72 Å². The molecule has 1 N–H and O–H groups in total. The van der Waals surface area contributed by atoms with Crippen LogP contribution in [0.5, 0.6) is 0 Å². The van der Waals surface area contributed by atoms with Crippen LogP contribution in [0.3, 0.4) is 0 Å². The Labute approximate surface area is 131 Å². The first-order valence-electron chi connectivity index (χ1n) is 8.21. The van der Waals surface area contributed by atoms with Gasteiger partial charge in [0.25, 0.3) is 0 Å². The molecule has 2 aromatic rings. The molecule has 22 heavy (non-hydrogen) atoms. The Kier molecular flexibility index (Phi) is 3.46. The second-order valence-electron chi connectivity index (χ2n) is 6.52. The van der Waals surface area contributed by atoms with Crippen molar-refractivity contribution in [1.82, 2.24) is 4.72 Å². The highest BCUT2D eigenvalue weighted by molar-refractivity contribution is 7.89. The highest BCUT2D eigenvalue weighted by Crippen LogP contribution is 2.34. The summed E-state index contributed by atoms with van der Waals surface area (Å²) in [6.07, 6.45) is 7.42. The lowest BCUT2D eigenvalue weighted by Crippen LogP contribution is -2.36. The first-order valence-corrected chi connectivity index (χ1v) is 9.69. The second kappa shape index (κ2) is 5.36. The van der Waals surface area contributed by atoms with Gasteiger partial charge in [0.1, 0.15) is 0 Å². The standard InChI is InChI=1S/C18H21NO2S/c20-22(21,19-15-6-2-1-3-7-15)17-12-11-14-10-9-13-5-4-8-16(17)18(13)14/h4-5,8,11-12,15,19H,1-3,6-7,9-10H2. The maximum absolute atomic E-state index is 12.8. The van der Waals surface area contributed by atoms with Gasteiger partial charge in [-0.25, -0.2) is 13.1 Å². The summed E-state index contributed by atoms with van der Waals surface area (Å²) in [5, 5.41) is 2.05. The van der Waals surface area contributed by atoms with Crippen LogP contribution in [0.2, 0.25) is 0 Å². The van der Waals surface area contributed by atoms with E-state index < -0.39 is 10.0 Å². The molecule has 4 rings (SSSR count). The van der Waals surface area contributed by atoms with Gasteiger partial charge < -0.3 is 0 Å². The minimum Gasteiger partial charge on any atom is -0.208 e. The molecule has 4 heteroatoms. The molecule has 0 bridgehead atoms. The van der Waals surface area contributed by atoms with Gasteiger partial charge in [0.2, 0.25) is 10.0 Å². The van der Waals surface area contributed by atoms with Crippen molar-refractivity contribution in [2.75, 3.05) is 0 Å². The van der Waals surface area contributed by atoms with E-state index in [-0.39, 0.29) is 6.04 Å². The monoisotopic (exact) mass is 315 g/mol. The molecule has 0 heterocycles. The second-order valence-corrected chi connectivity index (χ2v) is 8.20. The number of nitrogens with one attached hydrogen (secondary N) is 1. The highest BCUT2D eigenvalue weighted by Gasteiger charge is 2.25. The highest BCUT2D eigenvalue weighted by atomic mass is 32.2. The Morgan fingerprint density at radius 2 is 1.64 bits per heavy atom. The van der Waals surface area contributed by atoms with Gasteiger partial charge >= 0.3 is 0 Å². The van der Waals surface area contributed by atoms with E-state index in [0.717, 1.165) is 49.3 Å².